The summed E-state index contributed by atoms with van der Waals surface area (Å²) in [5.41, 5.74) is 5.20. The first-order valence-electron chi connectivity index (χ1n) is 14.8. The molecule has 2 fully saturated rings. The van der Waals surface area contributed by atoms with Crippen LogP contribution in [0.15, 0.2) is 0 Å². The van der Waals surface area contributed by atoms with E-state index in [1.165, 1.54) is 0 Å². The fourth-order valence-corrected chi connectivity index (χ4v) is 5.08. The zero-order valence-electron chi connectivity index (χ0n) is 32.7. The summed E-state index contributed by atoms with van der Waals surface area (Å²) < 4.78 is 30.9. The maximum Gasteiger partial charge on any atom is 1.00 e. The third-order valence-corrected chi connectivity index (χ3v) is 7.83. The Kier molecular flexibility index (Phi) is 37.8. The van der Waals surface area contributed by atoms with E-state index >= 15 is 0 Å². The van der Waals surface area contributed by atoms with Crippen molar-refractivity contribution < 1.29 is 171 Å². The van der Waals surface area contributed by atoms with Crippen LogP contribution in [0.3, 0.4) is 0 Å². The van der Waals surface area contributed by atoms with Crippen LogP contribution < -0.4 is 108 Å². The minimum Gasteiger partial charge on any atom is -1.00 e. The van der Waals surface area contributed by atoms with Gasteiger partial charge in [-0.05, 0) is 67.2 Å². The summed E-state index contributed by atoms with van der Waals surface area (Å²) in [6.45, 7) is 13.6. The second-order valence-electron chi connectivity index (χ2n) is 11.8. The van der Waals surface area contributed by atoms with E-state index in [2.05, 4.69) is 24.6 Å². The van der Waals surface area contributed by atoms with Crippen molar-refractivity contribution in [2.75, 3.05) is 34.4 Å². The molecule has 0 aromatic rings. The molecule has 0 spiro atoms. The van der Waals surface area contributed by atoms with Crippen molar-refractivity contribution in [3.05, 3.63) is 0 Å². The molecule has 20 heteroatoms. The Morgan fingerprint density at radius 3 is 1.60 bits per heavy atom. The molecule has 2 N–H and O–H groups in total. The van der Waals surface area contributed by atoms with E-state index in [0.717, 1.165) is 66.8 Å². The summed E-state index contributed by atoms with van der Waals surface area (Å²) in [4.78, 5) is 62.2. The number of hydrogen-bond acceptors (Lipinski definition) is 14. The van der Waals surface area contributed by atoms with Crippen molar-refractivity contribution in [3.63, 3.8) is 0 Å². The number of amides is 2. The van der Waals surface area contributed by atoms with Gasteiger partial charge in [-0.2, -0.15) is 0 Å². The summed E-state index contributed by atoms with van der Waals surface area (Å²) >= 11 is 0. The molecule has 2 amide bonds. The van der Waals surface area contributed by atoms with Crippen molar-refractivity contribution in [3.8, 4) is 12.3 Å². The van der Waals surface area contributed by atoms with Crippen LogP contribution in [0.4, 0.5) is 9.59 Å². The molecule has 0 unspecified atom stereocenters. The Hall–Kier alpha value is -0.367. The van der Waals surface area contributed by atoms with Crippen molar-refractivity contribution >= 4 is 43.8 Å². The van der Waals surface area contributed by atoms with Crippen LogP contribution in [-0.4, -0.2) is 114 Å². The number of carbonyl (C=O) groups is 5. The molecule has 278 valence electrons. The van der Waals surface area contributed by atoms with E-state index in [0.29, 0.717) is 19.4 Å². The number of aliphatic hydroxyl groups is 1. The molecular formula is C30H54K2N4O13P+. The molecule has 0 aromatic carbocycles. The maximum absolute atomic E-state index is 11.8. The topological polar surface area (TPSA) is 236 Å². The number of terminal acetylenes is 1. The van der Waals surface area contributed by atoms with Crippen LogP contribution in [-0.2, 0) is 42.4 Å². The third-order valence-electron chi connectivity index (χ3n) is 5.93. The largest absolute Gasteiger partial charge is 1.00 e. The van der Waals surface area contributed by atoms with Crippen molar-refractivity contribution in [1.29, 1.82) is 5.53 Å². The third kappa shape index (κ3) is 26.4. The molecule has 0 bridgehead atoms. The summed E-state index contributed by atoms with van der Waals surface area (Å²) in [6.07, 6.45) is 10.5. The molecule has 2 heterocycles. The number of nitrogens with zero attached hydrogens (tertiary/aromatic N) is 3. The number of likely N-dealkylation sites (tertiary alicyclic amines) is 2. The predicted molar refractivity (Wildman–Crippen MR) is 173 cm³/mol. The number of nitrogens with one attached hydrogen (secondary N) is 1. The molecule has 50 heavy (non-hydrogen) atoms. The minimum atomic E-state index is -3.63. The van der Waals surface area contributed by atoms with E-state index in [4.69, 9.17) is 36.6 Å². The Morgan fingerprint density at radius 2 is 1.34 bits per heavy atom. The van der Waals surface area contributed by atoms with Gasteiger partial charge in [0.1, 0.15) is 17.5 Å². The first kappa shape index (κ1) is 58.9. The average molecular weight is 788 g/mol. The van der Waals surface area contributed by atoms with E-state index < -0.39 is 30.0 Å². The van der Waals surface area contributed by atoms with Gasteiger partial charge in [0.05, 0.1) is 10.3 Å². The van der Waals surface area contributed by atoms with Crippen LogP contribution in [0.1, 0.15) is 88.4 Å². The SMILES string of the molecule is C#CC[C@@H]1CCCN1C(=O)OC(C)(C)C.CC(C)(C)OC(=O)N1CCC[C@H]1CC=O.CO.COP(=O)(OC)C(=[N+]=N)C(C)=O.O=CO[O-].[H-].[K+].[K+]. The van der Waals surface area contributed by atoms with Crippen LogP contribution in [0, 0.1) is 17.9 Å². The summed E-state index contributed by atoms with van der Waals surface area (Å²) in [7, 11) is -0.388. The van der Waals surface area contributed by atoms with E-state index in [9.17, 15) is 23.7 Å². The number of rotatable bonds is 8. The smallest absolute Gasteiger partial charge is 1.00 e. The van der Waals surface area contributed by atoms with Crippen LogP contribution >= 0.6 is 7.60 Å². The predicted octanol–water partition coefficient (Wildman–Crippen LogP) is -2.75. The van der Waals surface area contributed by atoms with Crippen LogP contribution in [0.5, 0.6) is 0 Å². The van der Waals surface area contributed by atoms with E-state index in [1.807, 2.05) is 41.5 Å². The Balaban J connectivity index is -0.000000135. The maximum atomic E-state index is 11.8. The van der Waals surface area contributed by atoms with Gasteiger partial charge in [-0.15, -0.1) is 12.3 Å². The van der Waals surface area contributed by atoms with E-state index in [1.54, 1.807) is 9.80 Å². The molecule has 2 atom stereocenters. The molecule has 0 radical (unpaired) electrons. The number of ketones is 1. The number of Topliss-reactive ketones (excluding diaryl/α,β-unsaturated/α-hetero) is 1. The Labute approximate surface area is 382 Å². The molecule has 0 aromatic heterocycles. The van der Waals surface area contributed by atoms with Gasteiger partial charge in [0.2, 0.25) is 0 Å². The van der Waals surface area contributed by atoms with Gasteiger partial charge >= 0.3 is 128 Å². The second kappa shape index (κ2) is 32.1. The Bertz CT molecular complexity index is 1150. The summed E-state index contributed by atoms with van der Waals surface area (Å²) in [5, 5.41) is 15.4. The number of hydrogen-bond donors (Lipinski definition) is 2. The number of aliphatic hydroxyl groups excluding tert-OH is 1. The second-order valence-corrected chi connectivity index (χ2v) is 13.9. The molecule has 0 aliphatic carbocycles. The first-order valence-corrected chi connectivity index (χ1v) is 16.4. The average Bonchev–Trinajstić information content (AvgIpc) is 3.68. The molecule has 0 saturated carbocycles. The number of carbonyl (C=O) groups excluding carboxylic acids is 5. The van der Waals surface area contributed by atoms with Crippen molar-refractivity contribution in [2.24, 2.45) is 0 Å². The van der Waals surface area contributed by atoms with Gasteiger partial charge in [-0.3, -0.25) is 9.59 Å². The van der Waals surface area contributed by atoms with Gasteiger partial charge in [-0.25, -0.2) is 14.2 Å². The van der Waals surface area contributed by atoms with Gasteiger partial charge in [0.15, 0.2) is 0 Å². The minimum absolute atomic E-state index is 0. The summed E-state index contributed by atoms with van der Waals surface area (Å²) in [5.74, 6) is 2.01. The monoisotopic (exact) mass is 787 g/mol. The quantitative estimate of drug-likeness (QED) is 0.0293. The van der Waals surface area contributed by atoms with Crippen molar-refractivity contribution in [1.82, 2.24) is 9.80 Å². The molecule has 17 nitrogen and oxygen atoms in total. The fourth-order valence-electron chi connectivity index (χ4n) is 4.08. The van der Waals surface area contributed by atoms with Gasteiger partial charge < -0.3 is 49.8 Å². The van der Waals surface area contributed by atoms with E-state index in [-0.39, 0.29) is 135 Å². The molecule has 2 aliphatic heterocycles. The van der Waals surface area contributed by atoms with Gasteiger partial charge in [-0.1, -0.05) is 0 Å². The van der Waals surface area contributed by atoms with Crippen LogP contribution in [0.2, 0.25) is 0 Å². The standard InChI is InChI=1S/C12H19NO2.C11H19NO3.C5H10N2O4P.CH2O3.CH4O.2K.H/c1-5-7-10-8-6-9-13(10)11(14)15-12(2,3)4;1-11(2,3)15-10(14)12-7-4-5-9(12)6-8-13;1-4(8)5(7-6)12(9,10-2)11-3;2-1-4-3;1-2;;;/h1,10H,6-9H2,2-4H3;8-9H,4-7H2,1-3H3;6H,1-3H3;1,3H;2H,1H3;;;/q;;+1;;;2*+1;-1/p-1/t10-;9-;;;;;;/m10....../s1. The zero-order chi connectivity index (χ0) is 38.1. The van der Waals surface area contributed by atoms with Gasteiger partial charge in [0.25, 0.3) is 12.3 Å². The number of ether oxygens (including phenoxy) is 2. The zero-order valence-corrected chi connectivity index (χ0v) is 38.8. The summed E-state index contributed by atoms with van der Waals surface area (Å²) in [6, 6.07) is 0.210. The Morgan fingerprint density at radius 1 is 0.960 bits per heavy atom. The normalized spacial score (nSPS) is 15.9. The van der Waals surface area contributed by atoms with Gasteiger partial charge in [0, 0.05) is 66.3 Å². The van der Waals surface area contributed by atoms with Crippen molar-refractivity contribution in [2.45, 2.75) is 110 Å². The molecule has 2 rings (SSSR count). The first-order chi connectivity index (χ1) is 22.3. The fraction of sp³-hybridized carbons (Fsp3) is 0.733. The molecular weight excluding hydrogens is 734 g/mol. The number of aldehydes is 1. The molecule has 2 aliphatic rings. The molecule has 2 saturated heterocycles. The van der Waals surface area contributed by atoms with Crippen LogP contribution in [0.25, 0.3) is 0 Å².